The fraction of sp³-hybridized carbons (Fsp3) is 0.517. The average Bonchev–Trinajstić information content (AvgIpc) is 2.88. The molecular weight excluding hydrogens is 525 g/mol. The topological polar surface area (TPSA) is 100 Å². The first-order valence-corrected chi connectivity index (χ1v) is 13.7. The standard InChI is InChI=1S/C29H39ClFN3O5/c1-18(2)16-34(22-7-9-23(39-4)10-8-22)27-12-5-19(20(17-38-3)14-28(35)36)13-26(27)33-29(37)32-25-11-6-21(30)15-24(25)31/h5-6,11-13,15,18,20,22-23H,7-10,14,16-17H2,1-4H3,(H,35,36)(H2,32,33,37)/t20?,22-,23-. The van der Waals surface area contributed by atoms with Crippen molar-refractivity contribution in [1.82, 2.24) is 0 Å². The van der Waals surface area contributed by atoms with E-state index in [0.717, 1.165) is 49.5 Å². The third-order valence-corrected chi connectivity index (χ3v) is 7.23. The number of nitrogens with one attached hydrogen (secondary N) is 2. The predicted molar refractivity (Wildman–Crippen MR) is 153 cm³/mol. The van der Waals surface area contributed by atoms with E-state index in [2.05, 4.69) is 29.4 Å². The molecule has 1 aliphatic carbocycles. The number of nitrogens with zero attached hydrogens (tertiary/aromatic N) is 1. The number of benzene rings is 2. The highest BCUT2D eigenvalue weighted by molar-refractivity contribution is 6.30. The Kier molecular flexibility index (Phi) is 11.4. The van der Waals surface area contributed by atoms with Crippen LogP contribution in [0.25, 0.3) is 0 Å². The van der Waals surface area contributed by atoms with Crippen molar-refractivity contribution in [3.63, 3.8) is 0 Å². The summed E-state index contributed by atoms with van der Waals surface area (Å²) >= 11 is 5.85. The molecule has 2 aromatic carbocycles. The van der Waals surface area contributed by atoms with Gasteiger partial charge >= 0.3 is 12.0 Å². The van der Waals surface area contributed by atoms with Gasteiger partial charge in [0.2, 0.25) is 0 Å². The number of ether oxygens (including phenoxy) is 2. The van der Waals surface area contributed by atoms with Crippen molar-refractivity contribution in [2.75, 3.05) is 42.9 Å². The van der Waals surface area contributed by atoms with Gasteiger partial charge in [-0.3, -0.25) is 4.79 Å². The minimum Gasteiger partial charge on any atom is -0.481 e. The van der Waals surface area contributed by atoms with E-state index in [1.807, 2.05) is 12.1 Å². The van der Waals surface area contributed by atoms with Crippen molar-refractivity contribution < 1.29 is 28.6 Å². The number of carboxylic acid groups (broad SMARTS) is 1. The molecule has 0 aliphatic heterocycles. The summed E-state index contributed by atoms with van der Waals surface area (Å²) in [6, 6.07) is 9.28. The Morgan fingerprint density at radius 1 is 1.08 bits per heavy atom. The molecule has 1 saturated carbocycles. The van der Waals surface area contributed by atoms with Crippen LogP contribution in [0.15, 0.2) is 36.4 Å². The molecule has 8 nitrogen and oxygen atoms in total. The van der Waals surface area contributed by atoms with E-state index in [9.17, 15) is 19.1 Å². The molecule has 10 heteroatoms. The highest BCUT2D eigenvalue weighted by Crippen LogP contribution is 2.36. The molecule has 0 aromatic heterocycles. The van der Waals surface area contributed by atoms with Gasteiger partial charge in [0.25, 0.3) is 0 Å². The molecule has 0 bridgehead atoms. The van der Waals surface area contributed by atoms with Crippen LogP contribution >= 0.6 is 11.6 Å². The number of carboxylic acids is 1. The van der Waals surface area contributed by atoms with Gasteiger partial charge in [0.1, 0.15) is 5.82 Å². The van der Waals surface area contributed by atoms with Crippen molar-refractivity contribution in [3.8, 4) is 0 Å². The van der Waals surface area contributed by atoms with E-state index in [1.165, 1.54) is 19.2 Å². The zero-order valence-electron chi connectivity index (χ0n) is 23.0. The molecule has 2 aromatic rings. The second kappa shape index (κ2) is 14.5. The minimum atomic E-state index is -0.942. The van der Waals surface area contributed by atoms with E-state index < -0.39 is 23.7 Å². The third kappa shape index (κ3) is 8.81. The Morgan fingerprint density at radius 3 is 2.36 bits per heavy atom. The Morgan fingerprint density at radius 2 is 1.77 bits per heavy atom. The lowest BCUT2D eigenvalue weighted by Crippen LogP contribution is -2.42. The zero-order chi connectivity index (χ0) is 28.5. The Hall–Kier alpha value is -2.88. The smallest absolute Gasteiger partial charge is 0.323 e. The molecule has 2 amide bonds. The fourth-order valence-electron chi connectivity index (χ4n) is 5.14. The number of carbonyl (C=O) groups excluding carboxylic acids is 1. The number of urea groups is 1. The normalized spacial score (nSPS) is 18.0. The van der Waals surface area contributed by atoms with Crippen LogP contribution < -0.4 is 15.5 Å². The van der Waals surface area contributed by atoms with Gasteiger partial charge in [-0.15, -0.1) is 0 Å². The summed E-state index contributed by atoms with van der Waals surface area (Å²) in [5.41, 5.74) is 2.06. The van der Waals surface area contributed by atoms with Gasteiger partial charge in [0.15, 0.2) is 0 Å². The van der Waals surface area contributed by atoms with Gasteiger partial charge in [0, 0.05) is 37.7 Å². The summed E-state index contributed by atoms with van der Waals surface area (Å²) < 4.78 is 25.2. The van der Waals surface area contributed by atoms with E-state index in [4.69, 9.17) is 21.1 Å². The molecule has 1 aliphatic rings. The number of halogens is 2. The maximum absolute atomic E-state index is 14.4. The summed E-state index contributed by atoms with van der Waals surface area (Å²) in [5.74, 6) is -1.65. The molecule has 1 fully saturated rings. The number of hydrogen-bond donors (Lipinski definition) is 3. The summed E-state index contributed by atoms with van der Waals surface area (Å²) in [6.07, 6.45) is 3.90. The van der Waals surface area contributed by atoms with Gasteiger partial charge in [-0.1, -0.05) is 31.5 Å². The van der Waals surface area contributed by atoms with Crippen LogP contribution in [0.4, 0.5) is 26.2 Å². The van der Waals surface area contributed by atoms with Crippen LogP contribution in [-0.4, -0.2) is 56.6 Å². The van der Waals surface area contributed by atoms with Crippen molar-refractivity contribution >= 4 is 40.7 Å². The number of amides is 2. The molecule has 0 heterocycles. The monoisotopic (exact) mass is 563 g/mol. The predicted octanol–water partition coefficient (Wildman–Crippen LogP) is 6.75. The minimum absolute atomic E-state index is 0.00494. The average molecular weight is 564 g/mol. The van der Waals surface area contributed by atoms with Crippen LogP contribution in [-0.2, 0) is 14.3 Å². The van der Waals surface area contributed by atoms with E-state index in [1.54, 1.807) is 13.2 Å². The Labute approximate surface area is 234 Å². The lowest BCUT2D eigenvalue weighted by molar-refractivity contribution is -0.137. The summed E-state index contributed by atoms with van der Waals surface area (Å²) in [7, 11) is 3.27. The second-order valence-electron chi connectivity index (χ2n) is 10.4. The Bertz CT molecular complexity index is 1120. The molecule has 214 valence electrons. The molecule has 3 rings (SSSR count). The molecular formula is C29H39ClFN3O5. The fourth-order valence-corrected chi connectivity index (χ4v) is 5.30. The molecule has 3 N–H and O–H groups in total. The molecule has 0 spiro atoms. The van der Waals surface area contributed by atoms with Gasteiger partial charge in [-0.05, 0) is 67.5 Å². The summed E-state index contributed by atoms with van der Waals surface area (Å²) in [4.78, 5) is 26.9. The van der Waals surface area contributed by atoms with Crippen molar-refractivity contribution in [3.05, 3.63) is 52.8 Å². The van der Waals surface area contributed by atoms with E-state index >= 15 is 0 Å². The molecule has 0 saturated heterocycles. The van der Waals surface area contributed by atoms with Crippen molar-refractivity contribution in [1.29, 1.82) is 0 Å². The largest absolute Gasteiger partial charge is 0.481 e. The van der Waals surface area contributed by atoms with E-state index in [0.29, 0.717) is 11.6 Å². The van der Waals surface area contributed by atoms with Crippen LogP contribution in [0.2, 0.25) is 5.02 Å². The lowest BCUT2D eigenvalue weighted by atomic mass is 9.90. The molecule has 0 radical (unpaired) electrons. The number of hydrogen-bond acceptors (Lipinski definition) is 5. The SMILES string of the molecule is COCC(CC(=O)O)c1ccc(N(CC(C)C)[C@H]2CC[C@H](OC)CC2)c(NC(=O)Nc2ccc(Cl)cc2F)c1. The first kappa shape index (κ1) is 30.7. The highest BCUT2D eigenvalue weighted by atomic mass is 35.5. The van der Waals surface area contributed by atoms with Gasteiger partial charge in [-0.25, -0.2) is 9.18 Å². The van der Waals surface area contributed by atoms with E-state index in [-0.39, 0.29) is 35.9 Å². The van der Waals surface area contributed by atoms with Crippen molar-refractivity contribution in [2.45, 2.75) is 64.0 Å². The number of methoxy groups -OCH3 is 2. The first-order valence-electron chi connectivity index (χ1n) is 13.3. The van der Waals surface area contributed by atoms with Gasteiger partial charge < -0.3 is 30.1 Å². The Balaban J connectivity index is 1.99. The maximum Gasteiger partial charge on any atom is 0.323 e. The summed E-state index contributed by atoms with van der Waals surface area (Å²) in [6.45, 7) is 5.27. The number of carbonyl (C=O) groups is 2. The zero-order valence-corrected chi connectivity index (χ0v) is 23.8. The molecule has 1 unspecified atom stereocenters. The van der Waals surface area contributed by atoms with Gasteiger partial charge in [0.05, 0.1) is 36.2 Å². The van der Waals surface area contributed by atoms with Crippen molar-refractivity contribution in [2.24, 2.45) is 5.92 Å². The number of rotatable bonds is 12. The maximum atomic E-state index is 14.4. The summed E-state index contributed by atoms with van der Waals surface area (Å²) in [5, 5.41) is 15.1. The quantitative estimate of drug-likeness (QED) is 0.264. The lowest BCUT2D eigenvalue weighted by Gasteiger charge is -2.40. The second-order valence-corrected chi connectivity index (χ2v) is 10.9. The number of anilines is 3. The van der Waals surface area contributed by atoms with Crippen LogP contribution in [0.3, 0.4) is 0 Å². The third-order valence-electron chi connectivity index (χ3n) is 7.00. The van der Waals surface area contributed by atoms with Crippen LogP contribution in [0, 0.1) is 11.7 Å². The molecule has 39 heavy (non-hydrogen) atoms. The first-order chi connectivity index (χ1) is 18.6. The van der Waals surface area contributed by atoms with Crippen LogP contribution in [0.1, 0.15) is 57.4 Å². The molecule has 1 atom stereocenters. The van der Waals surface area contributed by atoms with Crippen LogP contribution in [0.5, 0.6) is 0 Å². The highest BCUT2D eigenvalue weighted by Gasteiger charge is 2.29. The van der Waals surface area contributed by atoms with Gasteiger partial charge in [-0.2, -0.15) is 0 Å². The number of aliphatic carboxylic acids is 1.